The second kappa shape index (κ2) is 6.00. The highest BCUT2D eigenvalue weighted by Gasteiger charge is 2.24. The van der Waals surface area contributed by atoms with Crippen molar-refractivity contribution < 1.29 is 22.0 Å². The summed E-state index contributed by atoms with van der Waals surface area (Å²) in [5.41, 5.74) is 1.01. The summed E-state index contributed by atoms with van der Waals surface area (Å²) < 4.78 is 65.2. The Morgan fingerprint density at radius 1 is 0.905 bits per heavy atom. The number of hydrogen-bond acceptors (Lipinski definition) is 4. The Bertz CT molecular complexity index is 676. The molecule has 0 aliphatic rings. The SMILES string of the molecule is Fc1c(F)c(F)c(/C=N/Nc2ccc(Cl)nn2)c(F)c1F. The number of benzene rings is 1. The zero-order valence-corrected chi connectivity index (χ0v) is 10.6. The van der Waals surface area contributed by atoms with Crippen LogP contribution in [0, 0.1) is 29.1 Å². The molecule has 0 saturated heterocycles. The largest absolute Gasteiger partial charge is 0.260 e. The molecule has 0 spiro atoms. The molecule has 21 heavy (non-hydrogen) atoms. The third-order valence-corrected chi connectivity index (χ3v) is 2.45. The van der Waals surface area contributed by atoms with Gasteiger partial charge in [-0.05, 0) is 12.1 Å². The molecule has 4 nitrogen and oxygen atoms in total. The lowest BCUT2D eigenvalue weighted by Gasteiger charge is -2.04. The second-order valence-corrected chi connectivity index (χ2v) is 3.98. The quantitative estimate of drug-likeness (QED) is 0.310. The maximum absolute atomic E-state index is 13.3. The fraction of sp³-hybridized carbons (Fsp3) is 0. The summed E-state index contributed by atoms with van der Waals surface area (Å²) in [6.45, 7) is 0. The second-order valence-electron chi connectivity index (χ2n) is 3.59. The van der Waals surface area contributed by atoms with E-state index >= 15 is 0 Å². The van der Waals surface area contributed by atoms with Gasteiger partial charge in [-0.25, -0.2) is 22.0 Å². The molecule has 0 aliphatic heterocycles. The summed E-state index contributed by atoms with van der Waals surface area (Å²) >= 11 is 5.47. The highest BCUT2D eigenvalue weighted by atomic mass is 35.5. The number of hydrazone groups is 1. The van der Waals surface area contributed by atoms with Gasteiger partial charge in [0, 0.05) is 0 Å². The van der Waals surface area contributed by atoms with Crippen molar-refractivity contribution in [1.29, 1.82) is 0 Å². The van der Waals surface area contributed by atoms with Gasteiger partial charge in [0.05, 0.1) is 11.8 Å². The molecule has 0 saturated carbocycles. The molecule has 110 valence electrons. The van der Waals surface area contributed by atoms with Crippen molar-refractivity contribution in [2.45, 2.75) is 0 Å². The Kier molecular flexibility index (Phi) is 4.32. The summed E-state index contributed by atoms with van der Waals surface area (Å²) in [6, 6.07) is 2.69. The highest BCUT2D eigenvalue weighted by molar-refractivity contribution is 6.29. The molecule has 1 aromatic carbocycles. The number of aromatic nitrogens is 2. The summed E-state index contributed by atoms with van der Waals surface area (Å²) in [6.07, 6.45) is 0.437. The monoisotopic (exact) mass is 322 g/mol. The average Bonchev–Trinajstić information content (AvgIpc) is 2.48. The van der Waals surface area contributed by atoms with Gasteiger partial charge in [-0.3, -0.25) is 5.43 Å². The first-order valence-corrected chi connectivity index (χ1v) is 5.59. The predicted molar refractivity (Wildman–Crippen MR) is 64.5 cm³/mol. The molecule has 2 rings (SSSR count). The minimum absolute atomic E-state index is 0.0551. The van der Waals surface area contributed by atoms with E-state index in [-0.39, 0.29) is 11.0 Å². The van der Waals surface area contributed by atoms with Crippen LogP contribution in [0.15, 0.2) is 17.2 Å². The van der Waals surface area contributed by atoms with Crippen LogP contribution in [0.4, 0.5) is 27.8 Å². The normalized spacial score (nSPS) is 11.1. The molecule has 0 fully saturated rings. The Morgan fingerprint density at radius 2 is 1.48 bits per heavy atom. The lowest BCUT2D eigenvalue weighted by Crippen LogP contribution is -2.07. The Labute approximate surface area is 119 Å². The minimum atomic E-state index is -2.24. The van der Waals surface area contributed by atoms with Gasteiger partial charge in [0.25, 0.3) is 0 Å². The standard InChI is InChI=1S/C11H4ClF5N4/c12-5-1-2-6(21-19-5)20-18-3-4-7(13)9(15)11(17)10(16)8(4)14/h1-3H,(H,20,21)/b18-3+. The summed E-state index contributed by atoms with van der Waals surface area (Å²) in [4.78, 5) is 0. The van der Waals surface area contributed by atoms with Crippen LogP contribution in [-0.2, 0) is 0 Å². The van der Waals surface area contributed by atoms with E-state index in [1.165, 1.54) is 12.1 Å². The predicted octanol–water partition coefficient (Wildman–Crippen LogP) is 3.27. The van der Waals surface area contributed by atoms with Crippen LogP contribution in [0.3, 0.4) is 0 Å². The topological polar surface area (TPSA) is 50.2 Å². The van der Waals surface area contributed by atoms with E-state index in [4.69, 9.17) is 11.6 Å². The van der Waals surface area contributed by atoms with Crippen LogP contribution in [0.1, 0.15) is 5.56 Å². The van der Waals surface area contributed by atoms with Gasteiger partial charge in [0.1, 0.15) is 0 Å². The molecule has 2 aromatic rings. The van der Waals surface area contributed by atoms with Gasteiger partial charge >= 0.3 is 0 Å². The molecule has 0 unspecified atom stereocenters. The van der Waals surface area contributed by atoms with Gasteiger partial charge < -0.3 is 0 Å². The molecule has 0 amide bonds. The number of anilines is 1. The number of rotatable bonds is 3. The molecular formula is C11H4ClF5N4. The van der Waals surface area contributed by atoms with Crippen LogP contribution < -0.4 is 5.43 Å². The van der Waals surface area contributed by atoms with E-state index in [2.05, 4.69) is 20.7 Å². The van der Waals surface area contributed by atoms with Crippen molar-refractivity contribution in [1.82, 2.24) is 10.2 Å². The van der Waals surface area contributed by atoms with E-state index in [1.54, 1.807) is 0 Å². The number of hydrogen-bond donors (Lipinski definition) is 1. The molecule has 1 heterocycles. The van der Waals surface area contributed by atoms with Crippen molar-refractivity contribution >= 4 is 23.6 Å². The number of nitrogens with one attached hydrogen (secondary N) is 1. The lowest BCUT2D eigenvalue weighted by molar-refractivity contribution is 0.377. The van der Waals surface area contributed by atoms with Gasteiger partial charge in [0.2, 0.25) is 5.82 Å². The zero-order valence-electron chi connectivity index (χ0n) is 9.84. The van der Waals surface area contributed by atoms with Crippen LogP contribution in [-0.4, -0.2) is 16.4 Å². The smallest absolute Gasteiger partial charge is 0.200 e. The molecule has 1 aromatic heterocycles. The van der Waals surface area contributed by atoms with Gasteiger partial charge in [-0.2, -0.15) is 5.10 Å². The Hall–Kier alpha value is -2.29. The summed E-state index contributed by atoms with van der Waals surface area (Å²) in [5.74, 6) is -10.3. The molecule has 1 N–H and O–H groups in total. The summed E-state index contributed by atoms with van der Waals surface area (Å²) in [5, 5.41) is 10.4. The number of halogens is 6. The highest BCUT2D eigenvalue weighted by Crippen LogP contribution is 2.21. The number of nitrogens with zero attached hydrogens (tertiary/aromatic N) is 3. The molecule has 0 atom stereocenters. The van der Waals surface area contributed by atoms with Crippen molar-refractivity contribution in [3.63, 3.8) is 0 Å². The van der Waals surface area contributed by atoms with Crippen LogP contribution in [0.5, 0.6) is 0 Å². The molecule has 10 heteroatoms. The van der Waals surface area contributed by atoms with Crippen molar-refractivity contribution in [3.05, 3.63) is 51.9 Å². The van der Waals surface area contributed by atoms with Crippen molar-refractivity contribution in [3.8, 4) is 0 Å². The van der Waals surface area contributed by atoms with Crippen molar-refractivity contribution in [2.24, 2.45) is 5.10 Å². The molecule has 0 bridgehead atoms. The fourth-order valence-electron chi connectivity index (χ4n) is 1.27. The maximum Gasteiger partial charge on any atom is 0.200 e. The Morgan fingerprint density at radius 3 is 2.00 bits per heavy atom. The Balaban J connectivity index is 2.27. The maximum atomic E-state index is 13.3. The third-order valence-electron chi connectivity index (χ3n) is 2.25. The van der Waals surface area contributed by atoms with Gasteiger partial charge in [0.15, 0.2) is 34.2 Å². The fourth-order valence-corrected chi connectivity index (χ4v) is 1.37. The minimum Gasteiger partial charge on any atom is -0.260 e. The van der Waals surface area contributed by atoms with E-state index in [0.29, 0.717) is 6.21 Å². The van der Waals surface area contributed by atoms with Gasteiger partial charge in [-0.1, -0.05) is 11.6 Å². The van der Waals surface area contributed by atoms with E-state index in [1.807, 2.05) is 0 Å². The third kappa shape index (κ3) is 3.07. The first kappa shape index (κ1) is 15.1. The average molecular weight is 323 g/mol. The first-order valence-electron chi connectivity index (χ1n) is 5.21. The van der Waals surface area contributed by atoms with Crippen LogP contribution >= 0.6 is 11.6 Å². The van der Waals surface area contributed by atoms with Gasteiger partial charge in [-0.15, -0.1) is 10.2 Å². The summed E-state index contributed by atoms with van der Waals surface area (Å²) in [7, 11) is 0. The molecular weight excluding hydrogens is 319 g/mol. The van der Waals surface area contributed by atoms with Crippen molar-refractivity contribution in [2.75, 3.05) is 5.43 Å². The zero-order chi connectivity index (χ0) is 15.6. The van der Waals surface area contributed by atoms with Crippen LogP contribution in [0.25, 0.3) is 0 Å². The first-order chi connectivity index (χ1) is 9.91. The van der Waals surface area contributed by atoms with E-state index in [9.17, 15) is 22.0 Å². The molecule has 0 aliphatic carbocycles. The van der Waals surface area contributed by atoms with E-state index < -0.39 is 34.6 Å². The van der Waals surface area contributed by atoms with E-state index in [0.717, 1.165) is 0 Å². The lowest BCUT2D eigenvalue weighted by atomic mass is 10.2. The molecule has 0 radical (unpaired) electrons. The van der Waals surface area contributed by atoms with Crippen LogP contribution in [0.2, 0.25) is 5.15 Å².